The van der Waals surface area contributed by atoms with E-state index in [-0.39, 0.29) is 24.1 Å². The molecule has 0 radical (unpaired) electrons. The number of rotatable bonds is 13. The standard InChI is InChI=1S/C25H26N2O3S.C21H24BNO5.C9H13ClN2S/c1-30-24(29)19-11-9-18(10-12-19)15-23(28)22-8-4-3-7-20(22)16-21-17-31-25(26-21)27-13-5-2-6-14-27;1-20(2)21(3,4)28-22(27-20)17-9-7-6-8-16(17)18(24)23-15-12-10-14(11-13-15)19(25)26-5;10-6-8-7-13-9(11-8)12-4-2-1-3-5-12/h3-4,7-12,17H,2,5-6,13-16H2,1H3;6-13H,1-5H3,(H,23,24);7H,1-6H2. The van der Waals surface area contributed by atoms with Crippen molar-refractivity contribution in [2.45, 2.75) is 96.1 Å². The van der Waals surface area contributed by atoms with Crippen LogP contribution in [0.1, 0.15) is 130 Å². The van der Waals surface area contributed by atoms with Gasteiger partial charge in [-0.05, 0) is 125 Å². The molecule has 0 unspecified atom stereocenters. The van der Waals surface area contributed by atoms with Gasteiger partial charge in [0, 0.05) is 66.6 Å². The number of ketones is 1. The molecule has 72 heavy (non-hydrogen) atoms. The lowest BCUT2D eigenvalue weighted by atomic mass is 9.75. The summed E-state index contributed by atoms with van der Waals surface area (Å²) in [7, 11) is 2.05. The number of nitrogens with zero attached hydrogens (tertiary/aromatic N) is 4. The lowest BCUT2D eigenvalue weighted by molar-refractivity contribution is 0.00578. The summed E-state index contributed by atoms with van der Waals surface area (Å²) in [5.74, 6) is -0.493. The molecule has 5 heterocycles. The summed E-state index contributed by atoms with van der Waals surface area (Å²) in [6, 6.07) is 28.5. The van der Waals surface area contributed by atoms with Crippen molar-refractivity contribution in [3.63, 3.8) is 0 Å². The number of amides is 1. The van der Waals surface area contributed by atoms with E-state index in [9.17, 15) is 19.2 Å². The molecule has 3 aliphatic heterocycles. The number of benzene rings is 4. The van der Waals surface area contributed by atoms with Crippen LogP contribution >= 0.6 is 34.3 Å². The van der Waals surface area contributed by atoms with Gasteiger partial charge in [-0.15, -0.1) is 34.3 Å². The second-order valence-corrected chi connectivity index (χ2v) is 20.7. The fraction of sp³-hybridized carbons (Fsp3) is 0.382. The van der Waals surface area contributed by atoms with Crippen LogP contribution in [0.2, 0.25) is 0 Å². The van der Waals surface area contributed by atoms with Crippen molar-refractivity contribution in [3.8, 4) is 0 Å². The van der Waals surface area contributed by atoms with Crippen molar-refractivity contribution in [1.29, 1.82) is 0 Å². The first-order valence-electron chi connectivity index (χ1n) is 24.4. The summed E-state index contributed by atoms with van der Waals surface area (Å²) in [5, 5.41) is 9.24. The molecular weight excluding hydrogens is 969 g/mol. The Hall–Kier alpha value is -5.91. The monoisotopic (exact) mass is 1030 g/mol. The molecule has 13 nitrogen and oxygen atoms in total. The number of thiazole rings is 2. The average molecular weight is 1030 g/mol. The van der Waals surface area contributed by atoms with Gasteiger partial charge in [0.05, 0.1) is 53.8 Å². The van der Waals surface area contributed by atoms with Gasteiger partial charge in [-0.25, -0.2) is 19.6 Å². The van der Waals surface area contributed by atoms with Crippen LogP contribution in [0.15, 0.2) is 108 Å². The van der Waals surface area contributed by atoms with Crippen LogP contribution < -0.4 is 20.6 Å². The Morgan fingerprint density at radius 2 is 1.14 bits per heavy atom. The van der Waals surface area contributed by atoms with E-state index in [4.69, 9.17) is 30.6 Å². The number of alkyl halides is 1. The van der Waals surface area contributed by atoms with Crippen LogP contribution in [0.5, 0.6) is 0 Å². The molecular formula is C55H63BClN5O8S2. The normalized spacial score (nSPS) is 15.8. The van der Waals surface area contributed by atoms with Gasteiger partial charge in [0.25, 0.3) is 5.91 Å². The van der Waals surface area contributed by atoms with Crippen LogP contribution in [0.4, 0.5) is 16.0 Å². The van der Waals surface area contributed by atoms with Crippen molar-refractivity contribution in [1.82, 2.24) is 9.97 Å². The summed E-state index contributed by atoms with van der Waals surface area (Å²) in [5.41, 5.74) is 6.22. The second-order valence-electron chi connectivity index (χ2n) is 18.8. The highest BCUT2D eigenvalue weighted by Crippen LogP contribution is 2.37. The van der Waals surface area contributed by atoms with E-state index in [0.29, 0.717) is 40.1 Å². The molecule has 3 saturated heterocycles. The Bertz CT molecular complexity index is 2750. The number of methoxy groups -OCH3 is 2. The number of anilines is 3. The van der Waals surface area contributed by atoms with Crippen molar-refractivity contribution in [2.75, 3.05) is 55.5 Å². The molecule has 0 spiro atoms. The molecule has 1 N–H and O–H groups in total. The van der Waals surface area contributed by atoms with E-state index < -0.39 is 24.3 Å². The fourth-order valence-electron chi connectivity index (χ4n) is 8.38. The smallest absolute Gasteiger partial charge is 0.465 e. The molecule has 378 valence electrons. The first kappa shape index (κ1) is 53.9. The third kappa shape index (κ3) is 14.0. The van der Waals surface area contributed by atoms with E-state index in [2.05, 4.69) is 35.6 Å². The summed E-state index contributed by atoms with van der Waals surface area (Å²) in [6.07, 6.45) is 8.66. The van der Waals surface area contributed by atoms with Gasteiger partial charge >= 0.3 is 19.1 Å². The van der Waals surface area contributed by atoms with E-state index in [0.717, 1.165) is 64.5 Å². The molecule has 3 fully saturated rings. The molecule has 0 atom stereocenters. The van der Waals surface area contributed by atoms with Gasteiger partial charge in [0.15, 0.2) is 16.0 Å². The minimum atomic E-state index is -0.631. The molecule has 6 aromatic rings. The van der Waals surface area contributed by atoms with Gasteiger partial charge in [-0.3, -0.25) is 9.59 Å². The first-order chi connectivity index (χ1) is 34.7. The van der Waals surface area contributed by atoms with Crippen LogP contribution in [0.3, 0.4) is 0 Å². The minimum Gasteiger partial charge on any atom is -0.465 e. The lowest BCUT2D eigenvalue weighted by Gasteiger charge is -2.32. The SMILES string of the molecule is COC(=O)c1ccc(CC(=O)c2ccccc2Cc2csc(N3CCCCC3)n2)cc1.COC(=O)c1ccc(NC(=O)c2ccccc2B2OC(C)(C)C(C)(C)O2)cc1.ClCc1csc(N2CCCCC2)n1. The van der Waals surface area contributed by atoms with Crippen molar-refractivity contribution in [2.24, 2.45) is 0 Å². The Morgan fingerprint density at radius 3 is 1.67 bits per heavy atom. The second kappa shape index (κ2) is 25.2. The van der Waals surface area contributed by atoms with Crippen molar-refractivity contribution in [3.05, 3.63) is 153 Å². The third-order valence-corrected chi connectivity index (χ3v) is 15.3. The zero-order valence-electron chi connectivity index (χ0n) is 41.9. The van der Waals surface area contributed by atoms with Gasteiger partial charge < -0.3 is 33.9 Å². The molecule has 0 aliphatic carbocycles. The predicted molar refractivity (Wildman–Crippen MR) is 289 cm³/mol. The zero-order chi connectivity index (χ0) is 51.3. The largest absolute Gasteiger partial charge is 0.495 e. The van der Waals surface area contributed by atoms with E-state index >= 15 is 0 Å². The molecule has 2 aromatic heterocycles. The maximum absolute atomic E-state index is 13.0. The van der Waals surface area contributed by atoms with Crippen molar-refractivity contribution < 1.29 is 38.0 Å². The first-order valence-corrected chi connectivity index (χ1v) is 26.6. The molecule has 4 aromatic carbocycles. The Balaban J connectivity index is 0.000000170. The molecule has 17 heteroatoms. The minimum absolute atomic E-state index is 0.0629. The van der Waals surface area contributed by atoms with Crippen LogP contribution in [-0.4, -0.2) is 92.3 Å². The average Bonchev–Trinajstić information content (AvgIpc) is 4.15. The summed E-state index contributed by atoms with van der Waals surface area (Å²) in [6.45, 7) is 12.4. The lowest BCUT2D eigenvalue weighted by Crippen LogP contribution is -2.41. The molecule has 0 bridgehead atoms. The summed E-state index contributed by atoms with van der Waals surface area (Å²) < 4.78 is 21.6. The predicted octanol–water partition coefficient (Wildman–Crippen LogP) is 10.8. The number of esters is 2. The highest BCUT2D eigenvalue weighted by atomic mass is 35.5. The number of nitrogens with one attached hydrogen (secondary N) is 1. The van der Waals surface area contributed by atoms with E-state index in [1.54, 1.807) is 83.3 Å². The van der Waals surface area contributed by atoms with E-state index in [1.165, 1.54) is 52.7 Å². The van der Waals surface area contributed by atoms with Crippen LogP contribution in [-0.2, 0) is 37.5 Å². The van der Waals surface area contributed by atoms with Gasteiger partial charge in [0.1, 0.15) is 0 Å². The van der Waals surface area contributed by atoms with Crippen molar-refractivity contribution >= 4 is 86.4 Å². The van der Waals surface area contributed by atoms with E-state index in [1.807, 2.05) is 64.1 Å². The number of halogens is 1. The van der Waals surface area contributed by atoms with Crippen LogP contribution in [0, 0.1) is 0 Å². The summed E-state index contributed by atoms with van der Waals surface area (Å²) >= 11 is 9.11. The highest BCUT2D eigenvalue weighted by molar-refractivity contribution is 7.14. The number of Topliss-reactive ketones (excluding diaryl/α,β-unsaturated/α-hetero) is 1. The van der Waals surface area contributed by atoms with Gasteiger partial charge in [-0.2, -0.15) is 0 Å². The maximum Gasteiger partial charge on any atom is 0.495 e. The number of piperidine rings is 2. The van der Waals surface area contributed by atoms with Gasteiger partial charge in [0.2, 0.25) is 0 Å². The Morgan fingerprint density at radius 1 is 0.653 bits per heavy atom. The Labute approximate surface area is 436 Å². The fourth-order valence-corrected chi connectivity index (χ4v) is 10.4. The number of hydrogen-bond donors (Lipinski definition) is 1. The number of ether oxygens (including phenoxy) is 2. The Kier molecular flexibility index (Phi) is 18.8. The molecule has 0 saturated carbocycles. The van der Waals surface area contributed by atoms with Crippen LogP contribution in [0.25, 0.3) is 0 Å². The third-order valence-electron chi connectivity index (χ3n) is 13.2. The molecule has 1 amide bonds. The highest BCUT2D eigenvalue weighted by Gasteiger charge is 2.52. The number of hydrogen-bond acceptors (Lipinski definition) is 14. The molecule has 9 rings (SSSR count). The maximum atomic E-state index is 13.0. The number of aromatic nitrogens is 2. The zero-order valence-corrected chi connectivity index (χ0v) is 44.3. The number of carbonyl (C=O) groups is 4. The van der Waals surface area contributed by atoms with Gasteiger partial charge in [-0.1, -0.05) is 54.6 Å². The topological polar surface area (TPSA) is 149 Å². The summed E-state index contributed by atoms with van der Waals surface area (Å²) in [4.78, 5) is 63.1. The quantitative estimate of drug-likeness (QED) is 0.0508. The molecule has 3 aliphatic rings. The number of carbonyl (C=O) groups excluding carboxylic acids is 4.